The number of para-hydroxylation sites is 2. The van der Waals surface area contributed by atoms with Crippen molar-refractivity contribution in [3.05, 3.63) is 48.5 Å². The molecular formula is C13H8F3NS. The molecule has 0 saturated carbocycles. The van der Waals surface area contributed by atoms with E-state index in [4.69, 9.17) is 0 Å². The molecule has 18 heavy (non-hydrogen) atoms. The smallest absolute Gasteiger partial charge is 0.251 e. The third kappa shape index (κ3) is 1.75. The summed E-state index contributed by atoms with van der Waals surface area (Å²) in [5.41, 5.74) is 0.377. The number of nitrogens with zero attached hydrogens (tertiary/aromatic N) is 1. The van der Waals surface area contributed by atoms with Crippen molar-refractivity contribution in [3.8, 4) is 0 Å². The van der Waals surface area contributed by atoms with Crippen LogP contribution in [0.4, 0.5) is 24.5 Å². The fraction of sp³-hybridized carbons (Fsp3) is 0.0769. The van der Waals surface area contributed by atoms with Crippen molar-refractivity contribution in [2.75, 3.05) is 4.90 Å². The van der Waals surface area contributed by atoms with E-state index in [1.165, 1.54) is 23.9 Å². The molecule has 1 heterocycles. The molecule has 0 fully saturated rings. The Balaban J connectivity index is 2.24. The molecule has 0 saturated heterocycles. The molecule has 0 radical (unpaired) electrons. The molecule has 1 nitrogen and oxygen atoms in total. The van der Waals surface area contributed by atoms with Crippen molar-refractivity contribution in [3.63, 3.8) is 0 Å². The minimum atomic E-state index is -4.42. The van der Waals surface area contributed by atoms with Gasteiger partial charge < -0.3 is 0 Å². The highest BCUT2D eigenvalue weighted by molar-refractivity contribution is 7.99. The van der Waals surface area contributed by atoms with Gasteiger partial charge in [-0.15, -0.1) is 13.2 Å². The van der Waals surface area contributed by atoms with Crippen LogP contribution in [0.5, 0.6) is 0 Å². The number of halogens is 3. The molecule has 0 aliphatic carbocycles. The minimum absolute atomic E-state index is 0.189. The maximum absolute atomic E-state index is 13.2. The number of rotatable bonds is 0. The van der Waals surface area contributed by atoms with Gasteiger partial charge in [0.1, 0.15) is 0 Å². The molecule has 5 heteroatoms. The summed E-state index contributed by atoms with van der Waals surface area (Å²) < 4.78 is 39.6. The first-order valence-corrected chi connectivity index (χ1v) is 6.12. The second kappa shape index (κ2) is 3.95. The summed E-state index contributed by atoms with van der Waals surface area (Å²) in [6.07, 6.45) is -4.42. The molecule has 0 N–H and O–H groups in total. The van der Waals surface area contributed by atoms with Gasteiger partial charge in [-0.05, 0) is 24.3 Å². The zero-order chi connectivity index (χ0) is 12.8. The molecule has 0 spiro atoms. The van der Waals surface area contributed by atoms with Gasteiger partial charge in [0.15, 0.2) is 0 Å². The zero-order valence-electron chi connectivity index (χ0n) is 9.11. The van der Waals surface area contributed by atoms with E-state index >= 15 is 0 Å². The van der Waals surface area contributed by atoms with Crippen molar-refractivity contribution in [1.29, 1.82) is 0 Å². The fourth-order valence-corrected chi connectivity index (χ4v) is 3.04. The molecule has 2 aromatic carbocycles. The lowest BCUT2D eigenvalue weighted by Crippen LogP contribution is -2.35. The number of anilines is 2. The van der Waals surface area contributed by atoms with Gasteiger partial charge in [-0.2, -0.15) is 0 Å². The lowest BCUT2D eigenvalue weighted by atomic mass is 10.2. The second-order valence-corrected chi connectivity index (χ2v) is 4.92. The molecule has 1 aliphatic heterocycles. The van der Waals surface area contributed by atoms with Crippen molar-refractivity contribution >= 4 is 23.1 Å². The predicted octanol–water partition coefficient (Wildman–Crippen LogP) is 4.81. The van der Waals surface area contributed by atoms with Gasteiger partial charge in [-0.1, -0.05) is 36.0 Å². The van der Waals surface area contributed by atoms with Gasteiger partial charge in [0.2, 0.25) is 0 Å². The molecular weight excluding hydrogens is 259 g/mol. The van der Waals surface area contributed by atoms with Gasteiger partial charge in [-0.25, -0.2) is 0 Å². The summed E-state index contributed by atoms with van der Waals surface area (Å²) in [5.74, 6) is 0. The summed E-state index contributed by atoms with van der Waals surface area (Å²) in [5, 5.41) is 0. The largest absolute Gasteiger partial charge is 0.489 e. The predicted molar refractivity (Wildman–Crippen MR) is 65.2 cm³/mol. The Morgan fingerprint density at radius 3 is 1.67 bits per heavy atom. The van der Waals surface area contributed by atoms with E-state index in [0.717, 1.165) is 0 Å². The number of alkyl halides is 3. The third-order valence-electron chi connectivity index (χ3n) is 2.69. The van der Waals surface area contributed by atoms with Crippen LogP contribution in [0.1, 0.15) is 0 Å². The Morgan fingerprint density at radius 2 is 1.22 bits per heavy atom. The lowest BCUT2D eigenvalue weighted by Gasteiger charge is -2.33. The molecule has 0 amide bonds. The van der Waals surface area contributed by atoms with Crippen LogP contribution in [0.25, 0.3) is 0 Å². The molecule has 0 bridgehead atoms. The Morgan fingerprint density at radius 1 is 0.778 bits per heavy atom. The monoisotopic (exact) mass is 267 g/mol. The standard InChI is InChI=1S/C13H8F3NS/c14-13(15,16)17-9-5-1-3-7-11(9)18-12-8-4-2-6-10(12)17/h1-8H. The zero-order valence-corrected chi connectivity index (χ0v) is 9.92. The van der Waals surface area contributed by atoms with E-state index in [9.17, 15) is 13.2 Å². The first-order valence-electron chi connectivity index (χ1n) is 5.30. The van der Waals surface area contributed by atoms with Crippen LogP contribution in [0.2, 0.25) is 0 Å². The summed E-state index contributed by atoms with van der Waals surface area (Å²) in [6, 6.07) is 13.1. The Hall–Kier alpha value is -1.62. The SMILES string of the molecule is FC(F)(F)N1c2ccccc2Sc2ccccc21. The number of benzene rings is 2. The first kappa shape index (κ1) is 11.5. The highest BCUT2D eigenvalue weighted by atomic mass is 32.2. The lowest BCUT2D eigenvalue weighted by molar-refractivity contribution is -0.121. The van der Waals surface area contributed by atoms with E-state index in [1.54, 1.807) is 36.4 Å². The normalized spacial score (nSPS) is 14.1. The van der Waals surface area contributed by atoms with Gasteiger partial charge in [0.05, 0.1) is 11.4 Å². The first-order chi connectivity index (χ1) is 8.57. The van der Waals surface area contributed by atoms with Crippen molar-refractivity contribution in [2.45, 2.75) is 16.1 Å². The summed E-state index contributed by atoms with van der Waals surface area (Å²) in [6.45, 7) is 0. The average Bonchev–Trinajstić information content (AvgIpc) is 2.34. The Labute approximate surface area is 106 Å². The summed E-state index contributed by atoms with van der Waals surface area (Å²) in [7, 11) is 0. The Kier molecular flexibility index (Phi) is 2.52. The second-order valence-electron chi connectivity index (χ2n) is 3.84. The van der Waals surface area contributed by atoms with Crippen molar-refractivity contribution < 1.29 is 13.2 Å². The fourth-order valence-electron chi connectivity index (χ4n) is 1.98. The van der Waals surface area contributed by atoms with E-state index in [1.807, 2.05) is 0 Å². The molecule has 0 unspecified atom stereocenters. The summed E-state index contributed by atoms with van der Waals surface area (Å²) in [4.78, 5) is 1.68. The maximum Gasteiger partial charge on any atom is 0.489 e. The van der Waals surface area contributed by atoms with Gasteiger partial charge in [0, 0.05) is 9.79 Å². The molecule has 92 valence electrons. The maximum atomic E-state index is 13.2. The van der Waals surface area contributed by atoms with Crippen LogP contribution >= 0.6 is 11.8 Å². The van der Waals surface area contributed by atoms with Crippen molar-refractivity contribution in [1.82, 2.24) is 0 Å². The van der Waals surface area contributed by atoms with E-state index < -0.39 is 6.30 Å². The third-order valence-corrected chi connectivity index (χ3v) is 3.82. The molecule has 2 aromatic rings. The van der Waals surface area contributed by atoms with Gasteiger partial charge >= 0.3 is 6.30 Å². The van der Waals surface area contributed by atoms with Crippen LogP contribution in [-0.4, -0.2) is 6.30 Å². The van der Waals surface area contributed by atoms with Crippen LogP contribution < -0.4 is 4.90 Å². The minimum Gasteiger partial charge on any atom is -0.251 e. The van der Waals surface area contributed by atoms with E-state index in [-0.39, 0.29) is 11.4 Å². The van der Waals surface area contributed by atoms with Crippen LogP contribution in [0.3, 0.4) is 0 Å². The number of fused-ring (bicyclic) bond motifs is 2. The number of hydrogen-bond acceptors (Lipinski definition) is 2. The molecule has 1 aliphatic rings. The average molecular weight is 267 g/mol. The van der Waals surface area contributed by atoms with Crippen molar-refractivity contribution in [2.24, 2.45) is 0 Å². The van der Waals surface area contributed by atoms with E-state index in [2.05, 4.69) is 0 Å². The number of hydrogen-bond donors (Lipinski definition) is 0. The quantitative estimate of drug-likeness (QED) is 0.630. The van der Waals surface area contributed by atoms with Crippen LogP contribution in [-0.2, 0) is 0 Å². The summed E-state index contributed by atoms with van der Waals surface area (Å²) >= 11 is 1.36. The van der Waals surface area contributed by atoms with Crippen LogP contribution in [0, 0.1) is 0 Å². The highest BCUT2D eigenvalue weighted by Crippen LogP contribution is 2.51. The van der Waals surface area contributed by atoms with Gasteiger partial charge in [0.25, 0.3) is 0 Å². The molecule has 3 rings (SSSR count). The van der Waals surface area contributed by atoms with E-state index in [0.29, 0.717) is 14.7 Å². The van der Waals surface area contributed by atoms with Crippen LogP contribution in [0.15, 0.2) is 58.3 Å². The Bertz CT molecular complexity index is 549. The topological polar surface area (TPSA) is 3.24 Å². The van der Waals surface area contributed by atoms with Gasteiger partial charge in [-0.3, -0.25) is 4.90 Å². The molecule has 0 aromatic heterocycles. The molecule has 0 atom stereocenters. The highest BCUT2D eigenvalue weighted by Gasteiger charge is 2.42.